The van der Waals surface area contributed by atoms with E-state index in [1.807, 2.05) is 6.92 Å². The van der Waals surface area contributed by atoms with Crippen LogP contribution in [0.4, 0.5) is 9.18 Å². The van der Waals surface area contributed by atoms with E-state index in [0.29, 0.717) is 29.7 Å². The SMILES string of the molecule is C[C@@H]1C[C@H]2[C@@H]3C[C@H](C)C4=CC(=O)C=C[C@]4(C)[C@@]3(F)[C@@H](O)C[C@]2(C)[C@@]1(OC(=O)O[C@@H]1CC23C[C@H]2CC[C@H]13)C(=O)O. The molecule has 7 aliphatic rings. The van der Waals surface area contributed by atoms with Gasteiger partial charge in [-0.2, -0.15) is 0 Å². The number of aliphatic hydroxyl groups excluding tert-OH is 1. The third-order valence-electron chi connectivity index (χ3n) is 13.2. The van der Waals surface area contributed by atoms with E-state index in [1.165, 1.54) is 18.6 Å². The summed E-state index contributed by atoms with van der Waals surface area (Å²) in [5.74, 6) is -2.25. The van der Waals surface area contributed by atoms with Crippen molar-refractivity contribution in [1.29, 1.82) is 0 Å². The number of hydrogen-bond acceptors (Lipinski definition) is 6. The zero-order chi connectivity index (χ0) is 27.9. The molecule has 0 bridgehead atoms. The van der Waals surface area contributed by atoms with Gasteiger partial charge in [0.05, 0.1) is 6.10 Å². The number of carbonyl (C=O) groups is 3. The lowest BCUT2D eigenvalue weighted by molar-refractivity contribution is -0.233. The molecule has 0 aromatic heterocycles. The average Bonchev–Trinajstić information content (AvgIpc) is 3.45. The second-order valence-corrected chi connectivity index (χ2v) is 14.5. The minimum absolute atomic E-state index is 0.128. The van der Waals surface area contributed by atoms with E-state index in [-0.39, 0.29) is 24.2 Å². The van der Waals surface area contributed by atoms with Crippen LogP contribution < -0.4 is 0 Å². The van der Waals surface area contributed by atoms with Crippen molar-refractivity contribution in [1.82, 2.24) is 0 Å². The van der Waals surface area contributed by atoms with Crippen LogP contribution in [0.25, 0.3) is 0 Å². The van der Waals surface area contributed by atoms with E-state index < -0.39 is 58.1 Å². The van der Waals surface area contributed by atoms with Gasteiger partial charge in [0.1, 0.15) is 6.10 Å². The van der Waals surface area contributed by atoms with E-state index in [4.69, 9.17) is 9.47 Å². The Morgan fingerprint density at radius 3 is 2.46 bits per heavy atom. The molecular formula is C31H39FO7. The highest BCUT2D eigenvalue weighted by Crippen LogP contribution is 2.77. The molecule has 0 aliphatic heterocycles. The molecule has 0 heterocycles. The van der Waals surface area contributed by atoms with Crippen molar-refractivity contribution in [2.45, 2.75) is 96.1 Å². The second kappa shape index (κ2) is 7.54. The normalized spacial score (nSPS) is 56.2. The number of carboxylic acids is 1. The minimum atomic E-state index is -2.09. The van der Waals surface area contributed by atoms with Crippen LogP contribution in [0.15, 0.2) is 23.8 Å². The fraction of sp³-hybridized carbons (Fsp3) is 0.774. The number of carbonyl (C=O) groups excluding carboxylic acids is 2. The first-order valence-corrected chi connectivity index (χ1v) is 14.7. The van der Waals surface area contributed by atoms with Crippen molar-refractivity contribution < 1.29 is 38.5 Å². The van der Waals surface area contributed by atoms with Gasteiger partial charge >= 0.3 is 12.1 Å². The van der Waals surface area contributed by atoms with Gasteiger partial charge in [-0.25, -0.2) is 14.0 Å². The summed E-state index contributed by atoms with van der Waals surface area (Å²) in [5.41, 5.74) is -5.43. The smallest absolute Gasteiger partial charge is 0.478 e. The largest absolute Gasteiger partial charge is 0.509 e. The van der Waals surface area contributed by atoms with Crippen molar-refractivity contribution in [2.24, 2.45) is 51.8 Å². The maximum atomic E-state index is 17.5. The van der Waals surface area contributed by atoms with Crippen LogP contribution in [0.5, 0.6) is 0 Å². The first-order chi connectivity index (χ1) is 18.2. The Balaban J connectivity index is 1.22. The number of aliphatic hydroxyl groups is 1. The highest BCUT2D eigenvalue weighted by Gasteiger charge is 2.79. The highest BCUT2D eigenvalue weighted by molar-refractivity contribution is 6.01. The van der Waals surface area contributed by atoms with Crippen LogP contribution in [0.1, 0.15) is 72.6 Å². The molecule has 1 unspecified atom stereocenters. The van der Waals surface area contributed by atoms with Crippen molar-refractivity contribution in [3.8, 4) is 0 Å². The number of allylic oxidation sites excluding steroid dienone is 4. The third-order valence-corrected chi connectivity index (χ3v) is 13.2. The monoisotopic (exact) mass is 542 g/mol. The summed E-state index contributed by atoms with van der Waals surface area (Å²) >= 11 is 0. The van der Waals surface area contributed by atoms with Crippen molar-refractivity contribution in [2.75, 3.05) is 0 Å². The highest BCUT2D eigenvalue weighted by atomic mass is 19.1. The number of ether oxygens (including phenoxy) is 2. The number of ketones is 1. The van der Waals surface area contributed by atoms with Gasteiger partial charge in [-0.15, -0.1) is 0 Å². The maximum absolute atomic E-state index is 17.5. The lowest BCUT2D eigenvalue weighted by Crippen LogP contribution is -2.70. The molecule has 6 saturated carbocycles. The number of halogens is 1. The molecular weight excluding hydrogens is 503 g/mol. The van der Waals surface area contributed by atoms with E-state index in [0.717, 1.165) is 25.2 Å². The van der Waals surface area contributed by atoms with E-state index >= 15 is 4.39 Å². The van der Waals surface area contributed by atoms with Gasteiger partial charge in [0.25, 0.3) is 0 Å². The summed E-state index contributed by atoms with van der Waals surface area (Å²) in [6.45, 7) is 7.20. The van der Waals surface area contributed by atoms with Crippen LogP contribution in [-0.4, -0.2) is 51.6 Å². The first kappa shape index (κ1) is 25.7. The Kier molecular flexibility index (Phi) is 4.97. The minimum Gasteiger partial charge on any atom is -0.478 e. The quantitative estimate of drug-likeness (QED) is 0.482. The van der Waals surface area contributed by atoms with Crippen LogP contribution in [0.3, 0.4) is 0 Å². The van der Waals surface area contributed by atoms with Crippen molar-refractivity contribution in [3.63, 3.8) is 0 Å². The molecule has 6 fully saturated rings. The molecule has 7 rings (SSSR count). The molecule has 0 radical (unpaired) electrons. The number of alkyl halides is 1. The predicted octanol–water partition coefficient (Wildman–Crippen LogP) is 5.01. The lowest BCUT2D eigenvalue weighted by Gasteiger charge is -2.63. The molecule has 8 heteroatoms. The Labute approximate surface area is 228 Å². The Bertz CT molecular complexity index is 1240. The Morgan fingerprint density at radius 1 is 1.05 bits per heavy atom. The lowest BCUT2D eigenvalue weighted by atomic mass is 9.43. The molecule has 39 heavy (non-hydrogen) atoms. The topological polar surface area (TPSA) is 110 Å². The van der Waals surface area contributed by atoms with Gasteiger partial charge in [0.15, 0.2) is 11.5 Å². The number of rotatable bonds is 3. The van der Waals surface area contributed by atoms with Crippen molar-refractivity contribution in [3.05, 3.63) is 23.8 Å². The van der Waals surface area contributed by atoms with Gasteiger partial charge in [0, 0.05) is 28.6 Å². The standard InChI is InChI=1S/C31H39FO7/c1-15-9-22-21-10-16(2)31(25(35)36,39-26(37)38-23-13-29-12-17(29)5-6-19(23)29)28(21,4)14-24(34)30(22,32)27(3)8-7-18(33)11-20(15)27/h7-8,11,15-17,19,21-24,34H,5-6,9-10,12-14H2,1-4H3,(H,35,36)/t15-,16+,17+,19+,21-,22-,23+,24-,27-,28-,29?,30-,31-/m0/s1. The zero-order valence-electron chi connectivity index (χ0n) is 23.1. The summed E-state index contributed by atoms with van der Waals surface area (Å²) < 4.78 is 29.2. The molecule has 0 saturated heterocycles. The summed E-state index contributed by atoms with van der Waals surface area (Å²) in [4.78, 5) is 38.5. The molecule has 7 aliphatic carbocycles. The van der Waals surface area contributed by atoms with E-state index in [2.05, 4.69) is 0 Å². The molecule has 212 valence electrons. The van der Waals surface area contributed by atoms with Gasteiger partial charge < -0.3 is 19.7 Å². The second-order valence-electron chi connectivity index (χ2n) is 14.5. The fourth-order valence-corrected chi connectivity index (χ4v) is 11.3. The zero-order valence-corrected chi connectivity index (χ0v) is 23.1. The third kappa shape index (κ3) is 2.80. The van der Waals surface area contributed by atoms with Crippen LogP contribution in [0.2, 0.25) is 0 Å². The predicted molar refractivity (Wildman–Crippen MR) is 137 cm³/mol. The maximum Gasteiger partial charge on any atom is 0.509 e. The molecule has 0 aromatic rings. The Morgan fingerprint density at radius 2 is 1.79 bits per heavy atom. The van der Waals surface area contributed by atoms with E-state index in [1.54, 1.807) is 26.8 Å². The summed E-state index contributed by atoms with van der Waals surface area (Å²) in [7, 11) is 0. The Hall–Kier alpha value is -2.22. The first-order valence-electron chi connectivity index (χ1n) is 14.7. The molecule has 1 spiro atoms. The fourth-order valence-electron chi connectivity index (χ4n) is 11.3. The van der Waals surface area contributed by atoms with Gasteiger partial charge in [-0.3, -0.25) is 4.79 Å². The van der Waals surface area contributed by atoms with Crippen LogP contribution >= 0.6 is 0 Å². The molecule has 7 nitrogen and oxygen atoms in total. The molecule has 2 N–H and O–H groups in total. The average molecular weight is 543 g/mol. The number of aliphatic carboxylic acids is 1. The summed E-state index contributed by atoms with van der Waals surface area (Å²) in [6, 6.07) is 0. The van der Waals surface area contributed by atoms with Crippen molar-refractivity contribution >= 4 is 17.9 Å². The molecule has 13 atom stereocenters. The number of carboxylic acid groups (broad SMARTS) is 1. The van der Waals surface area contributed by atoms with Gasteiger partial charge in [-0.05, 0) is 87.2 Å². The van der Waals surface area contributed by atoms with Gasteiger partial charge in [0.2, 0.25) is 5.60 Å². The number of fused-ring (bicyclic) bond motifs is 5. The number of hydrogen-bond donors (Lipinski definition) is 2. The van der Waals surface area contributed by atoms with E-state index in [9.17, 15) is 24.6 Å². The summed E-state index contributed by atoms with van der Waals surface area (Å²) in [6.07, 6.45) is 6.50. The summed E-state index contributed by atoms with van der Waals surface area (Å²) in [5, 5.41) is 22.3. The molecule has 0 amide bonds. The van der Waals surface area contributed by atoms with Crippen LogP contribution in [-0.2, 0) is 19.1 Å². The van der Waals surface area contributed by atoms with Gasteiger partial charge in [-0.1, -0.05) is 32.4 Å². The molecule has 0 aromatic carbocycles. The van der Waals surface area contributed by atoms with Crippen LogP contribution in [0, 0.1) is 51.8 Å².